The molecule has 0 heterocycles. The lowest BCUT2D eigenvalue weighted by molar-refractivity contribution is 0.112. The van der Waals surface area contributed by atoms with Crippen LogP contribution < -0.4 is 4.74 Å². The molecule has 1 saturated carbocycles. The summed E-state index contributed by atoms with van der Waals surface area (Å²) in [5.74, 6) is 0.760. The summed E-state index contributed by atoms with van der Waals surface area (Å²) in [7, 11) is 0. The van der Waals surface area contributed by atoms with Gasteiger partial charge in [0.25, 0.3) is 0 Å². The number of rotatable bonds is 5. The number of hydrogen-bond donors (Lipinski definition) is 0. The van der Waals surface area contributed by atoms with Gasteiger partial charge in [-0.25, -0.2) is 0 Å². The Bertz CT molecular complexity index is 726. The average molecular weight is 291 g/mol. The van der Waals surface area contributed by atoms with Crippen molar-refractivity contribution in [1.29, 1.82) is 5.26 Å². The van der Waals surface area contributed by atoms with Crippen LogP contribution in [0.5, 0.6) is 5.75 Å². The van der Waals surface area contributed by atoms with Gasteiger partial charge in [-0.1, -0.05) is 36.8 Å². The first-order valence-electron chi connectivity index (χ1n) is 7.44. The molecule has 2 aromatic carbocycles. The molecular formula is C19H17NO2. The lowest BCUT2D eigenvalue weighted by atomic mass is 9.71. The molecule has 3 heteroatoms. The molecule has 0 radical (unpaired) electrons. The van der Waals surface area contributed by atoms with Crippen LogP contribution in [-0.2, 0) is 0 Å². The predicted octanol–water partition coefficient (Wildman–Crippen LogP) is 4.24. The number of aldehydes is 1. The molecule has 1 aliphatic carbocycles. The zero-order valence-electron chi connectivity index (χ0n) is 12.3. The van der Waals surface area contributed by atoms with Crippen molar-refractivity contribution in [1.82, 2.24) is 0 Å². The summed E-state index contributed by atoms with van der Waals surface area (Å²) >= 11 is 0. The summed E-state index contributed by atoms with van der Waals surface area (Å²) in [5, 5.41) is 9.24. The van der Waals surface area contributed by atoms with Crippen molar-refractivity contribution in [2.45, 2.75) is 19.3 Å². The molecule has 0 unspecified atom stereocenters. The lowest BCUT2D eigenvalue weighted by Crippen LogP contribution is -2.34. The van der Waals surface area contributed by atoms with Crippen molar-refractivity contribution >= 4 is 6.29 Å². The zero-order valence-corrected chi connectivity index (χ0v) is 12.3. The van der Waals surface area contributed by atoms with Crippen molar-refractivity contribution in [3.63, 3.8) is 0 Å². The van der Waals surface area contributed by atoms with Crippen molar-refractivity contribution in [2.75, 3.05) is 6.61 Å². The molecule has 0 aromatic heterocycles. The predicted molar refractivity (Wildman–Crippen MR) is 84.7 cm³/mol. The van der Waals surface area contributed by atoms with E-state index in [1.807, 2.05) is 42.5 Å². The zero-order chi connectivity index (χ0) is 15.4. The highest BCUT2D eigenvalue weighted by molar-refractivity contribution is 5.79. The molecule has 0 amide bonds. The van der Waals surface area contributed by atoms with Gasteiger partial charge in [0.05, 0.1) is 11.5 Å². The Morgan fingerprint density at radius 3 is 2.50 bits per heavy atom. The van der Waals surface area contributed by atoms with E-state index < -0.39 is 0 Å². The van der Waals surface area contributed by atoms with Crippen molar-refractivity contribution in [2.24, 2.45) is 5.41 Å². The summed E-state index contributed by atoms with van der Waals surface area (Å²) in [6.07, 6.45) is 3.79. The van der Waals surface area contributed by atoms with E-state index in [0.29, 0.717) is 12.2 Å². The maximum absolute atomic E-state index is 10.9. The van der Waals surface area contributed by atoms with Crippen LogP contribution in [0.2, 0.25) is 0 Å². The van der Waals surface area contributed by atoms with Crippen LogP contribution in [0.15, 0.2) is 48.5 Å². The first-order chi connectivity index (χ1) is 10.7. The van der Waals surface area contributed by atoms with Gasteiger partial charge in [-0.3, -0.25) is 4.79 Å². The maximum Gasteiger partial charge on any atom is 0.150 e. The second kappa shape index (κ2) is 6.03. The molecule has 3 rings (SSSR count). The van der Waals surface area contributed by atoms with Crippen LogP contribution >= 0.6 is 0 Å². The highest BCUT2D eigenvalue weighted by atomic mass is 16.5. The molecule has 0 bridgehead atoms. The molecule has 0 atom stereocenters. The van der Waals surface area contributed by atoms with Crippen LogP contribution in [0, 0.1) is 16.7 Å². The average Bonchev–Trinajstić information content (AvgIpc) is 2.55. The van der Waals surface area contributed by atoms with Gasteiger partial charge in [0, 0.05) is 5.56 Å². The minimum Gasteiger partial charge on any atom is -0.492 e. The molecule has 0 aliphatic heterocycles. The number of nitriles is 1. The third kappa shape index (κ3) is 2.87. The molecule has 0 N–H and O–H groups in total. The molecule has 110 valence electrons. The largest absolute Gasteiger partial charge is 0.492 e. The van der Waals surface area contributed by atoms with E-state index in [1.54, 1.807) is 6.07 Å². The van der Waals surface area contributed by atoms with Crippen LogP contribution in [0.3, 0.4) is 0 Å². The van der Waals surface area contributed by atoms with Gasteiger partial charge in [0.1, 0.15) is 18.6 Å². The topological polar surface area (TPSA) is 50.1 Å². The first kappa shape index (κ1) is 14.3. The third-order valence-electron chi connectivity index (χ3n) is 4.25. The minimum atomic E-state index is -0.298. The van der Waals surface area contributed by atoms with E-state index in [2.05, 4.69) is 6.07 Å². The lowest BCUT2D eigenvalue weighted by Gasteiger charge is -2.34. The molecule has 0 saturated heterocycles. The fraction of sp³-hybridized carbons (Fsp3) is 0.263. The number of carbonyl (C=O) groups excluding carboxylic acids is 1. The Balaban J connectivity index is 1.77. The van der Waals surface area contributed by atoms with Gasteiger partial charge < -0.3 is 4.74 Å². The van der Waals surface area contributed by atoms with Crippen LogP contribution in [0.1, 0.15) is 29.6 Å². The second-order valence-electron chi connectivity index (χ2n) is 5.81. The summed E-state index contributed by atoms with van der Waals surface area (Å²) in [4.78, 5) is 10.9. The highest BCUT2D eigenvalue weighted by Gasteiger charge is 2.38. The van der Waals surface area contributed by atoms with E-state index in [9.17, 15) is 10.1 Å². The summed E-state index contributed by atoms with van der Waals surface area (Å²) < 4.78 is 5.83. The van der Waals surface area contributed by atoms with Crippen molar-refractivity contribution in [3.8, 4) is 22.9 Å². The fourth-order valence-electron chi connectivity index (χ4n) is 2.67. The van der Waals surface area contributed by atoms with Gasteiger partial charge in [0.15, 0.2) is 0 Å². The SMILES string of the molecule is N#CC1(COc2cccc(-c3cccc(C=O)c3)c2)CCC1. The summed E-state index contributed by atoms with van der Waals surface area (Å²) in [6, 6.07) is 17.6. The first-order valence-corrected chi connectivity index (χ1v) is 7.44. The van der Waals surface area contributed by atoms with E-state index in [-0.39, 0.29) is 5.41 Å². The molecular weight excluding hydrogens is 274 g/mol. The smallest absolute Gasteiger partial charge is 0.150 e. The summed E-state index contributed by atoms with van der Waals surface area (Å²) in [5.41, 5.74) is 2.34. The molecule has 1 fully saturated rings. The Kier molecular flexibility index (Phi) is 3.93. The van der Waals surface area contributed by atoms with Gasteiger partial charge in [-0.15, -0.1) is 0 Å². The van der Waals surface area contributed by atoms with Crippen LogP contribution in [-0.4, -0.2) is 12.9 Å². The standard InChI is InChI=1S/C19H17NO2/c20-13-19(8-3-9-19)14-22-18-7-2-6-17(11-18)16-5-1-4-15(10-16)12-21/h1-2,4-7,10-12H,3,8-9,14H2. The van der Waals surface area contributed by atoms with Crippen LogP contribution in [0.25, 0.3) is 11.1 Å². The number of nitrogens with zero attached hydrogens (tertiary/aromatic N) is 1. The van der Waals surface area contributed by atoms with Gasteiger partial charge in [-0.05, 0) is 42.2 Å². The Hall–Kier alpha value is -2.60. The van der Waals surface area contributed by atoms with E-state index in [4.69, 9.17) is 4.74 Å². The molecule has 0 spiro atoms. The molecule has 22 heavy (non-hydrogen) atoms. The monoisotopic (exact) mass is 291 g/mol. The normalized spacial score (nSPS) is 15.4. The number of ether oxygens (including phenoxy) is 1. The second-order valence-corrected chi connectivity index (χ2v) is 5.81. The maximum atomic E-state index is 10.9. The van der Waals surface area contributed by atoms with E-state index in [1.165, 1.54) is 0 Å². The molecule has 1 aliphatic rings. The van der Waals surface area contributed by atoms with Gasteiger partial charge >= 0.3 is 0 Å². The van der Waals surface area contributed by atoms with Crippen molar-refractivity contribution in [3.05, 3.63) is 54.1 Å². The summed E-state index contributed by atoms with van der Waals surface area (Å²) in [6.45, 7) is 0.446. The molecule has 3 nitrogen and oxygen atoms in total. The third-order valence-corrected chi connectivity index (χ3v) is 4.25. The Morgan fingerprint density at radius 1 is 1.14 bits per heavy atom. The molecule has 2 aromatic rings. The fourth-order valence-corrected chi connectivity index (χ4v) is 2.67. The van der Waals surface area contributed by atoms with Gasteiger partial charge in [-0.2, -0.15) is 5.26 Å². The van der Waals surface area contributed by atoms with Crippen LogP contribution in [0.4, 0.5) is 0 Å². The quantitative estimate of drug-likeness (QED) is 0.774. The number of hydrogen-bond acceptors (Lipinski definition) is 3. The Morgan fingerprint density at radius 2 is 1.86 bits per heavy atom. The number of carbonyl (C=O) groups is 1. The highest BCUT2D eigenvalue weighted by Crippen LogP contribution is 2.40. The van der Waals surface area contributed by atoms with Gasteiger partial charge in [0.2, 0.25) is 0 Å². The van der Waals surface area contributed by atoms with E-state index in [0.717, 1.165) is 42.4 Å². The minimum absolute atomic E-state index is 0.298. The van der Waals surface area contributed by atoms with E-state index >= 15 is 0 Å². The van der Waals surface area contributed by atoms with Crippen molar-refractivity contribution < 1.29 is 9.53 Å². The number of benzene rings is 2. The Labute approximate surface area is 130 Å².